The maximum Gasteiger partial charge on any atom is 0.0476 e. The van der Waals surface area contributed by atoms with E-state index in [1.54, 1.807) is 0 Å². The number of rotatable bonds is 8. The van der Waals surface area contributed by atoms with Crippen molar-refractivity contribution in [2.45, 2.75) is 66.5 Å². The van der Waals surface area contributed by atoms with Crippen LogP contribution >= 0.6 is 0 Å². The molecule has 0 spiro atoms. The molecule has 0 radical (unpaired) electrons. The van der Waals surface area contributed by atoms with Gasteiger partial charge in [-0.2, -0.15) is 0 Å². The molecule has 1 rings (SSSR count). The van der Waals surface area contributed by atoms with Gasteiger partial charge in [0, 0.05) is 25.2 Å². The first-order valence-corrected chi connectivity index (χ1v) is 8.47. The van der Waals surface area contributed by atoms with Gasteiger partial charge in [-0.15, -0.1) is 0 Å². The molecular weight excluding hydrogens is 256 g/mol. The van der Waals surface area contributed by atoms with E-state index < -0.39 is 0 Å². The molecule has 0 aromatic heterocycles. The Morgan fingerprint density at radius 3 is 2.14 bits per heavy atom. The molecule has 0 aliphatic carbocycles. The molecule has 1 atom stereocenters. The fourth-order valence-corrected chi connectivity index (χ4v) is 3.35. The van der Waals surface area contributed by atoms with Crippen LogP contribution < -0.4 is 5.73 Å². The van der Waals surface area contributed by atoms with Crippen LogP contribution in [0, 0.1) is 19.8 Å². The van der Waals surface area contributed by atoms with Gasteiger partial charge >= 0.3 is 0 Å². The van der Waals surface area contributed by atoms with Gasteiger partial charge in [0.2, 0.25) is 0 Å². The van der Waals surface area contributed by atoms with E-state index in [1.807, 2.05) is 0 Å². The van der Waals surface area contributed by atoms with Crippen molar-refractivity contribution in [1.82, 2.24) is 4.90 Å². The number of benzene rings is 1. The standard InChI is InChI=1S/C19H34N2/c1-7-17(8-2)21(13-14(3)4)19(12-20)18-10-9-15(5)11-16(18)6/h9-11,14,17,19H,7-8,12-13,20H2,1-6H3. The Hall–Kier alpha value is -0.860. The lowest BCUT2D eigenvalue weighted by atomic mass is 9.95. The van der Waals surface area contributed by atoms with Gasteiger partial charge in [0.1, 0.15) is 0 Å². The van der Waals surface area contributed by atoms with E-state index in [4.69, 9.17) is 5.73 Å². The van der Waals surface area contributed by atoms with E-state index in [-0.39, 0.29) is 0 Å². The van der Waals surface area contributed by atoms with Crippen LogP contribution in [-0.2, 0) is 0 Å². The summed E-state index contributed by atoms with van der Waals surface area (Å²) in [5.74, 6) is 0.658. The molecule has 2 N–H and O–H groups in total. The molecule has 0 saturated heterocycles. The Labute approximate surface area is 131 Å². The fraction of sp³-hybridized carbons (Fsp3) is 0.684. The molecular formula is C19H34N2. The van der Waals surface area contributed by atoms with Gasteiger partial charge in [-0.05, 0) is 43.7 Å². The highest BCUT2D eigenvalue weighted by molar-refractivity contribution is 5.33. The Bertz CT molecular complexity index is 422. The number of hydrogen-bond donors (Lipinski definition) is 1. The molecule has 2 heteroatoms. The molecule has 2 nitrogen and oxygen atoms in total. The molecule has 0 heterocycles. The van der Waals surface area contributed by atoms with Crippen LogP contribution in [0.15, 0.2) is 18.2 Å². The lowest BCUT2D eigenvalue weighted by molar-refractivity contribution is 0.112. The summed E-state index contributed by atoms with van der Waals surface area (Å²) in [6.07, 6.45) is 2.37. The molecule has 0 bridgehead atoms. The van der Waals surface area contributed by atoms with Crippen molar-refractivity contribution in [3.8, 4) is 0 Å². The highest BCUT2D eigenvalue weighted by Gasteiger charge is 2.26. The van der Waals surface area contributed by atoms with E-state index >= 15 is 0 Å². The number of nitrogens with zero attached hydrogens (tertiary/aromatic N) is 1. The molecule has 21 heavy (non-hydrogen) atoms. The van der Waals surface area contributed by atoms with Crippen LogP contribution in [0.4, 0.5) is 0 Å². The second-order valence-electron chi connectivity index (χ2n) is 6.67. The second-order valence-corrected chi connectivity index (χ2v) is 6.67. The van der Waals surface area contributed by atoms with Crippen LogP contribution in [0.1, 0.15) is 63.3 Å². The second kappa shape index (κ2) is 8.55. The van der Waals surface area contributed by atoms with Crippen LogP contribution in [0.5, 0.6) is 0 Å². The minimum atomic E-state index is 0.331. The van der Waals surface area contributed by atoms with E-state index in [9.17, 15) is 0 Å². The van der Waals surface area contributed by atoms with Crippen molar-refractivity contribution in [3.05, 3.63) is 34.9 Å². The van der Waals surface area contributed by atoms with Crippen LogP contribution in [-0.4, -0.2) is 24.0 Å². The summed E-state index contributed by atoms with van der Waals surface area (Å²) >= 11 is 0. The first kappa shape index (κ1) is 18.2. The summed E-state index contributed by atoms with van der Waals surface area (Å²) in [4.78, 5) is 2.64. The van der Waals surface area contributed by atoms with E-state index in [0.29, 0.717) is 24.5 Å². The lowest BCUT2D eigenvalue weighted by Gasteiger charge is -2.39. The van der Waals surface area contributed by atoms with E-state index in [0.717, 1.165) is 6.54 Å². The van der Waals surface area contributed by atoms with Crippen molar-refractivity contribution >= 4 is 0 Å². The molecule has 1 unspecified atom stereocenters. The van der Waals surface area contributed by atoms with Gasteiger partial charge in [0.15, 0.2) is 0 Å². The largest absolute Gasteiger partial charge is 0.329 e. The normalized spacial score (nSPS) is 13.4. The zero-order valence-electron chi connectivity index (χ0n) is 14.8. The third-order valence-electron chi connectivity index (χ3n) is 4.40. The first-order valence-electron chi connectivity index (χ1n) is 8.47. The highest BCUT2D eigenvalue weighted by Crippen LogP contribution is 2.28. The Morgan fingerprint density at radius 1 is 1.10 bits per heavy atom. The number of nitrogens with two attached hydrogens (primary N) is 1. The van der Waals surface area contributed by atoms with Crippen molar-refractivity contribution in [3.63, 3.8) is 0 Å². The number of aryl methyl sites for hydroxylation is 2. The maximum atomic E-state index is 6.19. The summed E-state index contributed by atoms with van der Waals surface area (Å²) in [6, 6.07) is 7.71. The topological polar surface area (TPSA) is 29.3 Å². The van der Waals surface area contributed by atoms with Crippen LogP contribution in [0.2, 0.25) is 0 Å². The van der Waals surface area contributed by atoms with Crippen LogP contribution in [0.3, 0.4) is 0 Å². The average Bonchev–Trinajstić information content (AvgIpc) is 2.42. The van der Waals surface area contributed by atoms with Crippen molar-refractivity contribution in [2.75, 3.05) is 13.1 Å². The molecule has 0 saturated carbocycles. The monoisotopic (exact) mass is 290 g/mol. The maximum absolute atomic E-state index is 6.19. The lowest BCUT2D eigenvalue weighted by Crippen LogP contribution is -2.43. The van der Waals surface area contributed by atoms with E-state index in [2.05, 4.69) is 64.6 Å². The zero-order valence-corrected chi connectivity index (χ0v) is 14.8. The van der Waals surface area contributed by atoms with Gasteiger partial charge in [-0.25, -0.2) is 0 Å². The number of hydrogen-bond acceptors (Lipinski definition) is 2. The Kier molecular flexibility index (Phi) is 7.41. The van der Waals surface area contributed by atoms with Crippen molar-refractivity contribution in [1.29, 1.82) is 0 Å². The molecule has 1 aromatic carbocycles. The fourth-order valence-electron chi connectivity index (χ4n) is 3.35. The predicted octanol–water partition coefficient (Wildman–Crippen LogP) is 4.45. The summed E-state index contributed by atoms with van der Waals surface area (Å²) in [5.41, 5.74) is 10.3. The third kappa shape index (κ3) is 4.82. The minimum absolute atomic E-state index is 0.331. The molecule has 0 amide bonds. The highest BCUT2D eigenvalue weighted by atomic mass is 15.2. The summed E-state index contributed by atoms with van der Waals surface area (Å²) < 4.78 is 0. The smallest absolute Gasteiger partial charge is 0.0476 e. The third-order valence-corrected chi connectivity index (χ3v) is 4.40. The minimum Gasteiger partial charge on any atom is -0.329 e. The average molecular weight is 290 g/mol. The first-order chi connectivity index (χ1) is 9.94. The zero-order chi connectivity index (χ0) is 16.0. The molecule has 0 aliphatic rings. The molecule has 1 aromatic rings. The van der Waals surface area contributed by atoms with E-state index in [1.165, 1.54) is 29.5 Å². The summed E-state index contributed by atoms with van der Waals surface area (Å²) in [7, 11) is 0. The van der Waals surface area contributed by atoms with Crippen LogP contribution in [0.25, 0.3) is 0 Å². The molecule has 0 aliphatic heterocycles. The molecule has 0 fully saturated rings. The summed E-state index contributed by atoms with van der Waals surface area (Å²) in [5, 5.41) is 0. The Morgan fingerprint density at radius 2 is 1.71 bits per heavy atom. The predicted molar refractivity (Wildman–Crippen MR) is 93.6 cm³/mol. The summed E-state index contributed by atoms with van der Waals surface area (Å²) in [6.45, 7) is 15.3. The molecule has 120 valence electrons. The van der Waals surface area contributed by atoms with Crippen molar-refractivity contribution < 1.29 is 0 Å². The van der Waals surface area contributed by atoms with Gasteiger partial charge < -0.3 is 5.73 Å². The quantitative estimate of drug-likeness (QED) is 0.766. The van der Waals surface area contributed by atoms with Gasteiger partial charge in [-0.3, -0.25) is 4.90 Å². The van der Waals surface area contributed by atoms with Gasteiger partial charge in [0.05, 0.1) is 0 Å². The van der Waals surface area contributed by atoms with Gasteiger partial charge in [-0.1, -0.05) is 51.5 Å². The Balaban J connectivity index is 3.16. The van der Waals surface area contributed by atoms with Gasteiger partial charge in [0.25, 0.3) is 0 Å². The SMILES string of the molecule is CCC(CC)N(CC(C)C)C(CN)c1ccc(C)cc1C. The van der Waals surface area contributed by atoms with Crippen molar-refractivity contribution in [2.24, 2.45) is 11.7 Å².